The van der Waals surface area contributed by atoms with Crippen LogP contribution in [0.1, 0.15) is 47.4 Å². The Kier molecular flexibility index (Phi) is 6.74. The van der Waals surface area contributed by atoms with Crippen molar-refractivity contribution >= 4 is 21.4 Å². The van der Waals surface area contributed by atoms with Crippen molar-refractivity contribution in [1.82, 2.24) is 10.3 Å². The highest BCUT2D eigenvalue weighted by Gasteiger charge is 2.29. The van der Waals surface area contributed by atoms with Gasteiger partial charge in [0.1, 0.15) is 5.82 Å². The molecule has 1 amide bonds. The summed E-state index contributed by atoms with van der Waals surface area (Å²) in [6.45, 7) is 4.12. The first kappa shape index (κ1) is 22.9. The fourth-order valence-electron chi connectivity index (χ4n) is 3.75. The summed E-state index contributed by atoms with van der Waals surface area (Å²) in [6, 6.07) is 5.29. The molecule has 0 saturated carbocycles. The summed E-state index contributed by atoms with van der Waals surface area (Å²) in [5.74, 6) is -1.80. The van der Waals surface area contributed by atoms with Gasteiger partial charge in [-0.3, -0.25) is 4.79 Å². The second kappa shape index (κ2) is 9.13. The lowest BCUT2D eigenvalue weighted by atomic mass is 9.99. The fraction of sp³-hybridized carbons (Fsp3) is 0.364. The Morgan fingerprint density at radius 1 is 1.32 bits per heavy atom. The van der Waals surface area contributed by atoms with Gasteiger partial charge in [-0.1, -0.05) is 12.1 Å². The molecule has 1 aromatic carbocycles. The number of aromatic nitrogens is 1. The molecule has 0 spiro atoms. The van der Waals surface area contributed by atoms with E-state index in [1.807, 2.05) is 11.8 Å². The average molecular weight is 450 g/mol. The number of anilines is 1. The second-order valence-electron chi connectivity index (χ2n) is 7.80. The third kappa shape index (κ3) is 5.66. The van der Waals surface area contributed by atoms with Crippen LogP contribution in [0.3, 0.4) is 0 Å². The lowest BCUT2D eigenvalue weighted by Crippen LogP contribution is -2.32. The topological polar surface area (TPSA) is 79.4 Å². The first-order chi connectivity index (χ1) is 14.5. The molecule has 1 aliphatic heterocycles. The van der Waals surface area contributed by atoms with Crippen molar-refractivity contribution in [1.29, 1.82) is 0 Å². The fourth-order valence-corrected chi connectivity index (χ4v) is 4.27. The average Bonchev–Trinajstić information content (AvgIpc) is 3.15. The van der Waals surface area contributed by atoms with Crippen molar-refractivity contribution in [2.24, 2.45) is 0 Å². The normalized spacial score (nSPS) is 17.8. The third-order valence-electron chi connectivity index (χ3n) is 5.19. The summed E-state index contributed by atoms with van der Waals surface area (Å²) in [6.07, 6.45) is 5.54. The molecule has 0 bridgehead atoms. The molecular formula is C22H25F2N3O3S. The van der Waals surface area contributed by atoms with Crippen molar-refractivity contribution < 1.29 is 22.0 Å². The Labute approximate surface area is 180 Å². The van der Waals surface area contributed by atoms with E-state index in [0.29, 0.717) is 12.2 Å². The van der Waals surface area contributed by atoms with Gasteiger partial charge in [0.2, 0.25) is 0 Å². The SMILES string of the molecule is Cc1cc(F)ccc1C1CCCN1c1cnc(C(=O)N[C@H](C)/C=C/S(C)(=O)=O)c(F)c1. The molecule has 1 fully saturated rings. The Morgan fingerprint density at radius 2 is 2.06 bits per heavy atom. The van der Waals surface area contributed by atoms with Gasteiger partial charge in [0, 0.05) is 30.3 Å². The highest BCUT2D eigenvalue weighted by molar-refractivity contribution is 7.93. The standard InChI is InChI=1S/C22H25F2N3O3S/c1-14-11-16(23)6-7-18(14)20-5-4-9-27(20)17-12-19(24)21(25-13-17)22(28)26-15(2)8-10-31(3,29)30/h6-8,10-13,15,20H,4-5,9H2,1-3H3,(H,26,28)/b10-8+/t15-,20?/m1/s1. The number of hydrogen-bond donors (Lipinski definition) is 1. The first-order valence-electron chi connectivity index (χ1n) is 9.92. The van der Waals surface area contributed by atoms with E-state index in [-0.39, 0.29) is 17.6 Å². The van der Waals surface area contributed by atoms with E-state index in [1.54, 1.807) is 13.0 Å². The quantitative estimate of drug-likeness (QED) is 0.728. The zero-order valence-electron chi connectivity index (χ0n) is 17.6. The van der Waals surface area contributed by atoms with Crippen LogP contribution in [0, 0.1) is 18.6 Å². The van der Waals surface area contributed by atoms with Gasteiger partial charge in [-0.2, -0.15) is 0 Å². The van der Waals surface area contributed by atoms with Crippen LogP contribution in [0.2, 0.25) is 0 Å². The van der Waals surface area contributed by atoms with E-state index in [9.17, 15) is 22.0 Å². The Hall–Kier alpha value is -2.81. The lowest BCUT2D eigenvalue weighted by molar-refractivity contribution is 0.0937. The predicted octanol–water partition coefficient (Wildman–Crippen LogP) is 3.69. The molecule has 31 heavy (non-hydrogen) atoms. The van der Waals surface area contributed by atoms with Gasteiger partial charge in [0.25, 0.3) is 5.91 Å². The minimum atomic E-state index is -3.32. The largest absolute Gasteiger partial charge is 0.363 e. The Morgan fingerprint density at radius 3 is 2.71 bits per heavy atom. The van der Waals surface area contributed by atoms with E-state index in [0.717, 1.165) is 35.6 Å². The Bertz CT molecular complexity index is 1120. The lowest BCUT2D eigenvalue weighted by Gasteiger charge is -2.28. The van der Waals surface area contributed by atoms with Gasteiger partial charge in [-0.15, -0.1) is 0 Å². The molecule has 1 N–H and O–H groups in total. The van der Waals surface area contributed by atoms with Gasteiger partial charge in [0.15, 0.2) is 21.3 Å². The summed E-state index contributed by atoms with van der Waals surface area (Å²) in [4.78, 5) is 18.4. The second-order valence-corrected chi connectivity index (χ2v) is 9.73. The monoisotopic (exact) mass is 449 g/mol. The number of rotatable bonds is 6. The predicted molar refractivity (Wildman–Crippen MR) is 116 cm³/mol. The zero-order valence-corrected chi connectivity index (χ0v) is 18.4. The van der Waals surface area contributed by atoms with Crippen LogP contribution in [0.4, 0.5) is 14.5 Å². The minimum Gasteiger partial charge on any atom is -0.363 e. The molecule has 1 saturated heterocycles. The van der Waals surface area contributed by atoms with Crippen LogP contribution < -0.4 is 10.2 Å². The number of amides is 1. The molecule has 2 atom stereocenters. The molecule has 166 valence electrons. The van der Waals surface area contributed by atoms with E-state index in [1.165, 1.54) is 30.5 Å². The van der Waals surface area contributed by atoms with Crippen LogP contribution in [0.15, 0.2) is 41.9 Å². The minimum absolute atomic E-state index is 0.0253. The number of benzene rings is 1. The van der Waals surface area contributed by atoms with Crippen molar-refractivity contribution in [3.8, 4) is 0 Å². The molecule has 9 heteroatoms. The summed E-state index contributed by atoms with van der Waals surface area (Å²) < 4.78 is 50.6. The molecule has 2 aromatic rings. The summed E-state index contributed by atoms with van der Waals surface area (Å²) in [5, 5.41) is 3.49. The maximum Gasteiger partial charge on any atom is 0.273 e. The molecular weight excluding hydrogens is 424 g/mol. The van der Waals surface area contributed by atoms with E-state index < -0.39 is 27.6 Å². The van der Waals surface area contributed by atoms with Crippen LogP contribution >= 0.6 is 0 Å². The number of nitrogens with zero attached hydrogens (tertiary/aromatic N) is 2. The molecule has 1 aromatic heterocycles. The molecule has 2 heterocycles. The number of halogens is 2. The third-order valence-corrected chi connectivity index (χ3v) is 5.84. The van der Waals surface area contributed by atoms with E-state index >= 15 is 0 Å². The number of nitrogens with one attached hydrogen (secondary N) is 1. The number of hydrogen-bond acceptors (Lipinski definition) is 5. The van der Waals surface area contributed by atoms with Gasteiger partial charge in [-0.25, -0.2) is 22.2 Å². The molecule has 1 unspecified atom stereocenters. The van der Waals surface area contributed by atoms with E-state index in [4.69, 9.17) is 0 Å². The first-order valence-corrected chi connectivity index (χ1v) is 11.9. The summed E-state index contributed by atoms with van der Waals surface area (Å²) in [5.41, 5.74) is 1.99. The molecule has 0 radical (unpaired) electrons. The van der Waals surface area contributed by atoms with Gasteiger partial charge in [-0.05, 0) is 49.9 Å². The number of pyridine rings is 1. The molecule has 1 aliphatic rings. The van der Waals surface area contributed by atoms with Gasteiger partial charge >= 0.3 is 0 Å². The smallest absolute Gasteiger partial charge is 0.273 e. The molecule has 3 rings (SSSR count). The maximum atomic E-state index is 14.7. The van der Waals surface area contributed by atoms with Crippen molar-refractivity contribution in [2.45, 2.75) is 38.8 Å². The van der Waals surface area contributed by atoms with Gasteiger partial charge < -0.3 is 10.2 Å². The maximum absolute atomic E-state index is 14.7. The number of carbonyl (C=O) groups excluding carboxylic acids is 1. The van der Waals surface area contributed by atoms with Crippen molar-refractivity contribution in [3.05, 3.63) is 70.4 Å². The zero-order chi connectivity index (χ0) is 22.8. The summed E-state index contributed by atoms with van der Waals surface area (Å²) >= 11 is 0. The van der Waals surface area contributed by atoms with Crippen LogP contribution in [-0.2, 0) is 9.84 Å². The van der Waals surface area contributed by atoms with Crippen LogP contribution in [0.25, 0.3) is 0 Å². The van der Waals surface area contributed by atoms with Crippen molar-refractivity contribution in [3.63, 3.8) is 0 Å². The van der Waals surface area contributed by atoms with Gasteiger partial charge in [0.05, 0.1) is 17.9 Å². The highest BCUT2D eigenvalue weighted by atomic mass is 32.2. The Balaban J connectivity index is 1.78. The number of carbonyl (C=O) groups is 1. The van der Waals surface area contributed by atoms with Crippen molar-refractivity contribution in [2.75, 3.05) is 17.7 Å². The highest BCUT2D eigenvalue weighted by Crippen LogP contribution is 2.37. The molecule has 6 nitrogen and oxygen atoms in total. The number of sulfone groups is 1. The summed E-state index contributed by atoms with van der Waals surface area (Å²) in [7, 11) is -3.32. The van der Waals surface area contributed by atoms with E-state index in [2.05, 4.69) is 10.3 Å². The molecule has 0 aliphatic carbocycles. The number of aryl methyl sites for hydroxylation is 1. The van der Waals surface area contributed by atoms with Crippen LogP contribution in [0.5, 0.6) is 0 Å². The van der Waals surface area contributed by atoms with Crippen LogP contribution in [-0.4, -0.2) is 38.2 Å².